The number of aromatic nitrogens is 5. The fraction of sp³-hybridized carbons (Fsp3) is 0.314. The Kier molecular flexibility index (Phi) is 9.02. The molecular weight excluding hydrogens is 705 g/mol. The van der Waals surface area contributed by atoms with Crippen LogP contribution in [0.2, 0.25) is 5.02 Å². The zero-order valence-corrected chi connectivity index (χ0v) is 28.8. The largest absolute Gasteiger partial charge is 0.505 e. The Bertz CT molecular complexity index is 2300. The predicted octanol–water partition coefficient (Wildman–Crippen LogP) is 4.74. The first-order valence-electron chi connectivity index (χ1n) is 16.5. The molecule has 0 unspecified atom stereocenters. The van der Waals surface area contributed by atoms with Gasteiger partial charge in [-0.05, 0) is 67.4 Å². The SMILES string of the molecule is CCc1c(N2CCN(C(=O)c3nc(C)ccc3O)CC2)c(=O)n2nc(-c3ccc4c(c3)CCO4)nc2n1CC(=O)Nc1ccc(C(F)(F)F)cc1Cl. The number of hydrogen-bond donors (Lipinski definition) is 2. The first-order valence-corrected chi connectivity index (χ1v) is 16.9. The molecule has 17 heteroatoms. The van der Waals surface area contributed by atoms with Gasteiger partial charge >= 0.3 is 6.18 Å². The van der Waals surface area contributed by atoms with E-state index >= 15 is 0 Å². The van der Waals surface area contributed by atoms with Crippen molar-refractivity contribution in [3.05, 3.63) is 92.1 Å². The number of nitrogens with zero attached hydrogens (tertiary/aromatic N) is 7. The summed E-state index contributed by atoms with van der Waals surface area (Å²) in [6.07, 6.45) is -3.63. The van der Waals surface area contributed by atoms with Crippen molar-refractivity contribution in [1.82, 2.24) is 29.0 Å². The highest BCUT2D eigenvalue weighted by Gasteiger charge is 2.32. The number of halogens is 4. The summed E-state index contributed by atoms with van der Waals surface area (Å²) in [6, 6.07) is 11.1. The van der Waals surface area contributed by atoms with Gasteiger partial charge < -0.3 is 29.5 Å². The number of alkyl halides is 3. The number of benzene rings is 2. The molecule has 13 nitrogen and oxygen atoms in total. The number of pyridine rings is 1. The normalized spacial score (nSPS) is 14.4. The van der Waals surface area contributed by atoms with Crippen LogP contribution >= 0.6 is 11.6 Å². The van der Waals surface area contributed by atoms with Gasteiger partial charge in [0, 0.05) is 43.9 Å². The van der Waals surface area contributed by atoms with Gasteiger partial charge in [0.05, 0.1) is 28.6 Å². The lowest BCUT2D eigenvalue weighted by Crippen LogP contribution is -2.51. The summed E-state index contributed by atoms with van der Waals surface area (Å²) >= 11 is 6.13. The Morgan fingerprint density at radius 3 is 2.52 bits per heavy atom. The molecule has 0 atom stereocenters. The Hall–Kier alpha value is -5.64. The Morgan fingerprint density at radius 1 is 1.04 bits per heavy atom. The molecule has 2 N–H and O–H groups in total. The van der Waals surface area contributed by atoms with E-state index in [9.17, 15) is 32.7 Å². The molecule has 2 aliphatic heterocycles. The van der Waals surface area contributed by atoms with E-state index < -0.39 is 29.1 Å². The maximum Gasteiger partial charge on any atom is 0.416 e. The number of aromatic hydroxyl groups is 1. The van der Waals surface area contributed by atoms with Crippen LogP contribution in [0.3, 0.4) is 0 Å². The van der Waals surface area contributed by atoms with Gasteiger partial charge in [0.1, 0.15) is 23.7 Å². The molecule has 3 aromatic heterocycles. The summed E-state index contributed by atoms with van der Waals surface area (Å²) < 4.78 is 48.0. The van der Waals surface area contributed by atoms with Gasteiger partial charge in [-0.15, -0.1) is 5.10 Å². The monoisotopic (exact) mass is 736 g/mol. The van der Waals surface area contributed by atoms with Crippen molar-refractivity contribution >= 4 is 40.6 Å². The van der Waals surface area contributed by atoms with Gasteiger partial charge in [-0.2, -0.15) is 22.7 Å². The molecule has 0 spiro atoms. The molecule has 0 radical (unpaired) electrons. The van der Waals surface area contributed by atoms with Crippen LogP contribution in [0.4, 0.5) is 24.5 Å². The van der Waals surface area contributed by atoms with Crippen molar-refractivity contribution in [2.45, 2.75) is 39.4 Å². The number of piperazine rings is 1. The number of anilines is 2. The second-order valence-electron chi connectivity index (χ2n) is 12.4. The van der Waals surface area contributed by atoms with E-state index in [1.807, 2.05) is 24.0 Å². The minimum Gasteiger partial charge on any atom is -0.505 e. The Balaban J connectivity index is 1.25. The fourth-order valence-electron chi connectivity index (χ4n) is 6.49. The van der Waals surface area contributed by atoms with Gasteiger partial charge in [0.25, 0.3) is 11.5 Å². The maximum atomic E-state index is 14.3. The van der Waals surface area contributed by atoms with Crippen LogP contribution < -0.4 is 20.5 Å². The molecule has 1 saturated heterocycles. The van der Waals surface area contributed by atoms with Crippen molar-refractivity contribution < 1.29 is 32.6 Å². The van der Waals surface area contributed by atoms with Gasteiger partial charge in [-0.1, -0.05) is 18.5 Å². The van der Waals surface area contributed by atoms with Crippen molar-refractivity contribution in [2.24, 2.45) is 0 Å². The number of rotatable bonds is 7. The van der Waals surface area contributed by atoms with Crippen LogP contribution in [0.15, 0.2) is 53.3 Å². The van der Waals surface area contributed by atoms with Crippen LogP contribution in [0.1, 0.15) is 39.9 Å². The number of nitrogens with one attached hydrogen (secondary N) is 1. The third-order valence-electron chi connectivity index (χ3n) is 9.08. The van der Waals surface area contributed by atoms with E-state index in [4.69, 9.17) is 21.3 Å². The van der Waals surface area contributed by atoms with Crippen molar-refractivity contribution in [3.63, 3.8) is 0 Å². The summed E-state index contributed by atoms with van der Waals surface area (Å²) in [5.41, 5.74) is 1.39. The van der Waals surface area contributed by atoms with Crippen molar-refractivity contribution in [1.29, 1.82) is 0 Å². The van der Waals surface area contributed by atoms with E-state index in [1.54, 1.807) is 28.5 Å². The number of carbonyl (C=O) groups is 2. The molecule has 1 fully saturated rings. The lowest BCUT2D eigenvalue weighted by Gasteiger charge is -2.36. The Labute approximate surface area is 299 Å². The zero-order chi connectivity index (χ0) is 36.9. The minimum atomic E-state index is -4.62. The Morgan fingerprint density at radius 2 is 1.81 bits per heavy atom. The highest BCUT2D eigenvalue weighted by molar-refractivity contribution is 6.33. The summed E-state index contributed by atoms with van der Waals surface area (Å²) in [7, 11) is 0. The van der Waals surface area contributed by atoms with E-state index in [2.05, 4.69) is 15.4 Å². The van der Waals surface area contributed by atoms with Gasteiger partial charge in [-0.3, -0.25) is 14.4 Å². The summed E-state index contributed by atoms with van der Waals surface area (Å²) in [5, 5.41) is 17.2. The third kappa shape index (κ3) is 6.49. The molecule has 7 rings (SSSR count). The number of carbonyl (C=O) groups excluding carboxylic acids is 2. The van der Waals surface area contributed by atoms with Gasteiger partial charge in [0.15, 0.2) is 11.5 Å². The molecule has 0 aliphatic carbocycles. The molecule has 0 saturated carbocycles. The second-order valence-corrected chi connectivity index (χ2v) is 12.9. The maximum absolute atomic E-state index is 14.3. The van der Waals surface area contributed by atoms with E-state index in [-0.39, 0.29) is 78.6 Å². The smallest absolute Gasteiger partial charge is 0.416 e. The number of ether oxygens (including phenoxy) is 1. The van der Waals surface area contributed by atoms with E-state index in [1.165, 1.54) is 6.07 Å². The number of aryl methyl sites for hydroxylation is 1. The molecule has 0 bridgehead atoms. The molecule has 2 aliphatic rings. The van der Waals surface area contributed by atoms with Crippen LogP contribution in [0, 0.1) is 6.92 Å². The van der Waals surface area contributed by atoms with E-state index in [0.717, 1.165) is 34.0 Å². The highest BCUT2D eigenvalue weighted by Crippen LogP contribution is 2.34. The zero-order valence-electron chi connectivity index (χ0n) is 28.0. The van der Waals surface area contributed by atoms with Crippen molar-refractivity contribution in [2.75, 3.05) is 43.0 Å². The van der Waals surface area contributed by atoms with Crippen molar-refractivity contribution in [3.8, 4) is 22.9 Å². The van der Waals surface area contributed by atoms with Gasteiger partial charge in [0.2, 0.25) is 11.7 Å². The lowest BCUT2D eigenvalue weighted by atomic mass is 10.1. The average Bonchev–Trinajstić information content (AvgIpc) is 3.78. The van der Waals surface area contributed by atoms with Crippen LogP contribution in [-0.2, 0) is 30.4 Å². The summed E-state index contributed by atoms with van der Waals surface area (Å²) in [4.78, 5) is 53.4. The molecule has 2 amide bonds. The summed E-state index contributed by atoms with van der Waals surface area (Å²) in [5.74, 6) is -0.218. The fourth-order valence-corrected chi connectivity index (χ4v) is 6.72. The lowest BCUT2D eigenvalue weighted by molar-refractivity contribution is -0.137. The molecule has 270 valence electrons. The predicted molar refractivity (Wildman–Crippen MR) is 185 cm³/mol. The topological polar surface area (TPSA) is 147 Å². The second kappa shape index (κ2) is 13.5. The quantitative estimate of drug-likeness (QED) is 0.242. The first kappa shape index (κ1) is 34.8. The third-order valence-corrected chi connectivity index (χ3v) is 9.39. The standard InChI is InChI=1S/C35H32ClF3N8O5/c1-3-25-30(44-11-13-45(14-12-44)32(50)29-26(48)8-4-19(2)40-29)33(51)47-34(42-31(43-47)21-5-9-27-20(16-21)10-15-52-27)46(25)18-28(49)41-24-7-6-22(17-23(24)36)35(37,38)39/h4-9,16-17,48H,3,10-15,18H2,1-2H3,(H,41,49). The molecular formula is C35H32ClF3N8O5. The van der Waals surface area contributed by atoms with Gasteiger partial charge in [-0.25, -0.2) is 4.98 Å². The number of hydrogen-bond acceptors (Lipinski definition) is 9. The average molecular weight is 737 g/mol. The first-order chi connectivity index (χ1) is 24.8. The molecule has 5 heterocycles. The number of fused-ring (bicyclic) bond motifs is 2. The summed E-state index contributed by atoms with van der Waals surface area (Å²) in [6.45, 7) is 4.60. The van der Waals surface area contributed by atoms with Crippen LogP contribution in [-0.4, -0.2) is 78.8 Å². The highest BCUT2D eigenvalue weighted by atomic mass is 35.5. The molecule has 5 aromatic rings. The van der Waals surface area contributed by atoms with Crippen LogP contribution in [0.5, 0.6) is 11.5 Å². The van der Waals surface area contributed by atoms with E-state index in [0.29, 0.717) is 30.0 Å². The van der Waals surface area contributed by atoms with Crippen LogP contribution in [0.25, 0.3) is 17.2 Å². The molecule has 2 aromatic carbocycles. The number of amides is 2. The minimum absolute atomic E-state index is 0.0209. The molecule has 52 heavy (non-hydrogen) atoms.